The van der Waals surface area contributed by atoms with Crippen LogP contribution < -0.4 is 0 Å². The van der Waals surface area contributed by atoms with E-state index < -0.39 is 0 Å². The molecule has 98 valence electrons. The summed E-state index contributed by atoms with van der Waals surface area (Å²) in [5, 5.41) is 2.68. The number of likely N-dealkylation sites (tertiary alicyclic amines) is 1. The molecule has 1 amide bonds. The molecule has 0 spiro atoms. The maximum atomic E-state index is 12.5. The molecule has 0 bridgehead atoms. The molecule has 19 heavy (non-hydrogen) atoms. The van der Waals surface area contributed by atoms with E-state index in [-0.39, 0.29) is 11.9 Å². The molecule has 1 aliphatic rings. The van der Waals surface area contributed by atoms with Crippen molar-refractivity contribution in [1.29, 1.82) is 0 Å². The third-order valence-electron chi connectivity index (χ3n) is 3.50. The van der Waals surface area contributed by atoms with Crippen LogP contribution in [-0.2, 0) is 0 Å². The van der Waals surface area contributed by atoms with Crippen LogP contribution in [0.3, 0.4) is 0 Å². The third kappa shape index (κ3) is 2.53. The zero-order chi connectivity index (χ0) is 13.2. The number of thiophene rings is 1. The number of nitrogens with zero attached hydrogens (tertiary/aromatic N) is 1. The van der Waals surface area contributed by atoms with Crippen molar-refractivity contribution < 1.29 is 4.79 Å². The molecule has 4 heteroatoms. The largest absolute Gasteiger partial charge is 0.331 e. The van der Waals surface area contributed by atoms with Crippen molar-refractivity contribution in [2.45, 2.75) is 18.9 Å². The fourth-order valence-electron chi connectivity index (χ4n) is 2.58. The van der Waals surface area contributed by atoms with Crippen LogP contribution >= 0.6 is 22.9 Å². The lowest BCUT2D eigenvalue weighted by molar-refractivity contribution is 0.0740. The molecule has 3 rings (SSSR count). The van der Waals surface area contributed by atoms with E-state index in [9.17, 15) is 4.79 Å². The molecule has 1 unspecified atom stereocenters. The molecule has 1 atom stereocenters. The Labute approximate surface area is 121 Å². The number of amides is 1. The zero-order valence-corrected chi connectivity index (χ0v) is 12.0. The Hall–Kier alpha value is -1.32. The fourth-order valence-corrected chi connectivity index (χ4v) is 3.39. The molecule has 2 heterocycles. The van der Waals surface area contributed by atoms with E-state index in [0.717, 1.165) is 29.3 Å². The number of halogens is 1. The average molecular weight is 292 g/mol. The summed E-state index contributed by atoms with van der Waals surface area (Å²) in [4.78, 5) is 15.3. The van der Waals surface area contributed by atoms with Gasteiger partial charge in [-0.25, -0.2) is 0 Å². The van der Waals surface area contributed by atoms with Crippen molar-refractivity contribution in [3.05, 3.63) is 57.2 Å². The molecular weight excluding hydrogens is 278 g/mol. The van der Waals surface area contributed by atoms with Gasteiger partial charge in [-0.1, -0.05) is 29.8 Å². The fraction of sp³-hybridized carbons (Fsp3) is 0.267. The van der Waals surface area contributed by atoms with Crippen molar-refractivity contribution in [2.24, 2.45) is 0 Å². The van der Waals surface area contributed by atoms with Crippen molar-refractivity contribution in [3.8, 4) is 0 Å². The Morgan fingerprint density at radius 3 is 2.74 bits per heavy atom. The van der Waals surface area contributed by atoms with Gasteiger partial charge in [-0.05, 0) is 42.0 Å². The van der Waals surface area contributed by atoms with E-state index in [0.29, 0.717) is 0 Å². The lowest BCUT2D eigenvalue weighted by atomic mass is 10.0. The second-order valence-corrected chi connectivity index (χ2v) is 6.07. The van der Waals surface area contributed by atoms with Gasteiger partial charge in [-0.3, -0.25) is 4.79 Å². The second kappa shape index (κ2) is 5.35. The Morgan fingerprint density at radius 2 is 2.05 bits per heavy atom. The third-order valence-corrected chi connectivity index (χ3v) is 4.61. The summed E-state index contributed by atoms with van der Waals surface area (Å²) in [6.07, 6.45) is 2.09. The summed E-state index contributed by atoms with van der Waals surface area (Å²) in [6, 6.07) is 11.8. The molecule has 1 fully saturated rings. The number of carbonyl (C=O) groups excluding carboxylic acids is 1. The highest BCUT2D eigenvalue weighted by Gasteiger charge is 2.30. The maximum Gasteiger partial charge on any atom is 0.264 e. The highest BCUT2D eigenvalue weighted by molar-refractivity contribution is 7.12. The number of benzene rings is 1. The van der Waals surface area contributed by atoms with Gasteiger partial charge < -0.3 is 4.90 Å². The van der Waals surface area contributed by atoms with Gasteiger partial charge in [-0.15, -0.1) is 11.3 Å². The average Bonchev–Trinajstić information content (AvgIpc) is 3.10. The summed E-state index contributed by atoms with van der Waals surface area (Å²) in [5.41, 5.74) is 1.17. The quantitative estimate of drug-likeness (QED) is 0.804. The van der Waals surface area contributed by atoms with Crippen LogP contribution in [0.25, 0.3) is 0 Å². The number of carbonyl (C=O) groups is 1. The number of hydrogen-bond donors (Lipinski definition) is 0. The van der Waals surface area contributed by atoms with Crippen LogP contribution in [0.15, 0.2) is 41.8 Å². The van der Waals surface area contributed by atoms with Crippen LogP contribution in [0.2, 0.25) is 5.02 Å². The summed E-state index contributed by atoms with van der Waals surface area (Å²) >= 11 is 7.42. The molecule has 1 aliphatic heterocycles. The van der Waals surface area contributed by atoms with Crippen LogP contribution in [0.5, 0.6) is 0 Å². The molecule has 1 saturated heterocycles. The maximum absolute atomic E-state index is 12.5. The van der Waals surface area contributed by atoms with Crippen molar-refractivity contribution >= 4 is 28.8 Å². The molecular formula is C15H14ClNOS. The number of hydrogen-bond acceptors (Lipinski definition) is 2. The molecule has 0 saturated carbocycles. The first kappa shape index (κ1) is 12.7. The minimum absolute atomic E-state index is 0.146. The van der Waals surface area contributed by atoms with E-state index in [4.69, 9.17) is 11.6 Å². The van der Waals surface area contributed by atoms with E-state index in [1.54, 1.807) is 0 Å². The molecule has 1 aromatic carbocycles. The standard InChI is InChI=1S/C15H14ClNOS/c16-12-7-5-11(6-8-12)13-3-1-9-17(13)15(18)14-4-2-10-19-14/h2,4-8,10,13H,1,3,9H2. The van der Waals surface area contributed by atoms with Gasteiger partial charge >= 0.3 is 0 Å². The van der Waals surface area contributed by atoms with Crippen LogP contribution in [0, 0.1) is 0 Å². The molecule has 0 aliphatic carbocycles. The topological polar surface area (TPSA) is 20.3 Å². The smallest absolute Gasteiger partial charge is 0.264 e. The number of rotatable bonds is 2. The minimum Gasteiger partial charge on any atom is -0.331 e. The van der Waals surface area contributed by atoms with E-state index in [1.807, 2.05) is 46.7 Å². The van der Waals surface area contributed by atoms with Crippen LogP contribution in [-0.4, -0.2) is 17.4 Å². The van der Waals surface area contributed by atoms with Gasteiger partial charge in [0.2, 0.25) is 0 Å². The van der Waals surface area contributed by atoms with Gasteiger partial charge in [0.05, 0.1) is 10.9 Å². The van der Waals surface area contributed by atoms with Gasteiger partial charge in [0, 0.05) is 11.6 Å². The highest BCUT2D eigenvalue weighted by atomic mass is 35.5. The summed E-state index contributed by atoms with van der Waals surface area (Å²) in [7, 11) is 0. The monoisotopic (exact) mass is 291 g/mol. The van der Waals surface area contributed by atoms with E-state index in [2.05, 4.69) is 0 Å². The lowest BCUT2D eigenvalue weighted by Crippen LogP contribution is -2.29. The minimum atomic E-state index is 0.146. The van der Waals surface area contributed by atoms with Crippen molar-refractivity contribution in [3.63, 3.8) is 0 Å². The molecule has 1 aromatic heterocycles. The van der Waals surface area contributed by atoms with Gasteiger partial charge in [0.1, 0.15) is 0 Å². The van der Waals surface area contributed by atoms with Crippen LogP contribution in [0.4, 0.5) is 0 Å². The molecule has 2 nitrogen and oxygen atoms in total. The van der Waals surface area contributed by atoms with Crippen molar-refractivity contribution in [2.75, 3.05) is 6.54 Å². The van der Waals surface area contributed by atoms with Crippen molar-refractivity contribution in [1.82, 2.24) is 4.90 Å². The first-order chi connectivity index (χ1) is 9.25. The molecule has 0 N–H and O–H groups in total. The first-order valence-corrected chi connectivity index (χ1v) is 7.61. The molecule has 0 radical (unpaired) electrons. The predicted molar refractivity (Wildman–Crippen MR) is 78.8 cm³/mol. The lowest BCUT2D eigenvalue weighted by Gasteiger charge is -2.24. The summed E-state index contributed by atoms with van der Waals surface area (Å²) in [6.45, 7) is 0.837. The Balaban J connectivity index is 1.85. The normalized spacial score (nSPS) is 18.8. The predicted octanol–water partition coefficient (Wildman–Crippen LogP) is 4.38. The van der Waals surface area contributed by atoms with Crippen LogP contribution in [0.1, 0.15) is 34.1 Å². The van der Waals surface area contributed by atoms with Gasteiger partial charge in [-0.2, -0.15) is 0 Å². The second-order valence-electron chi connectivity index (χ2n) is 4.69. The first-order valence-electron chi connectivity index (χ1n) is 6.35. The Kier molecular flexibility index (Phi) is 3.58. The summed E-state index contributed by atoms with van der Waals surface area (Å²) < 4.78 is 0. The Morgan fingerprint density at radius 1 is 1.26 bits per heavy atom. The molecule has 2 aromatic rings. The van der Waals surface area contributed by atoms with Gasteiger partial charge in [0.15, 0.2) is 0 Å². The highest BCUT2D eigenvalue weighted by Crippen LogP contribution is 2.34. The SMILES string of the molecule is O=C(c1cccs1)N1CCCC1c1ccc(Cl)cc1. The van der Waals surface area contributed by atoms with E-state index in [1.165, 1.54) is 16.9 Å². The van der Waals surface area contributed by atoms with Gasteiger partial charge in [0.25, 0.3) is 5.91 Å². The van der Waals surface area contributed by atoms with E-state index >= 15 is 0 Å². The summed E-state index contributed by atoms with van der Waals surface area (Å²) in [5.74, 6) is 0.146. The zero-order valence-electron chi connectivity index (χ0n) is 10.4. The Bertz CT molecular complexity index is 564.